The van der Waals surface area contributed by atoms with Crippen LogP contribution >= 0.6 is 0 Å². The number of benzene rings is 1. The van der Waals surface area contributed by atoms with Gasteiger partial charge < -0.3 is 15.0 Å². The van der Waals surface area contributed by atoms with Crippen LogP contribution < -0.4 is 10.6 Å². The Kier molecular flexibility index (Phi) is 4.47. The summed E-state index contributed by atoms with van der Waals surface area (Å²) in [5, 5.41) is 6.05. The number of carbonyl (C=O) groups excluding carboxylic acids is 2. The Bertz CT molecular complexity index is 1100. The summed E-state index contributed by atoms with van der Waals surface area (Å²) in [5.41, 5.74) is 5.19. The SMILES string of the molecule is C=CC(=O)N[C@@H]1c2ccccc2C[C@H]1NC(=O)c1ccn2c(C)cc(C)nc12. The van der Waals surface area contributed by atoms with E-state index in [9.17, 15) is 9.59 Å². The minimum atomic E-state index is -0.295. The van der Waals surface area contributed by atoms with Crippen molar-refractivity contribution in [2.75, 3.05) is 0 Å². The molecule has 2 atom stereocenters. The first-order valence-electron chi connectivity index (χ1n) is 9.25. The predicted octanol–water partition coefficient (Wildman–Crippen LogP) is 2.65. The minimum Gasteiger partial charge on any atom is -0.346 e. The highest BCUT2D eigenvalue weighted by molar-refractivity contribution is 6.00. The highest BCUT2D eigenvalue weighted by Gasteiger charge is 2.34. The Morgan fingerprint density at radius 2 is 2.00 bits per heavy atom. The van der Waals surface area contributed by atoms with E-state index in [0.29, 0.717) is 17.6 Å². The maximum atomic E-state index is 13.1. The first-order chi connectivity index (χ1) is 13.5. The highest BCUT2D eigenvalue weighted by Crippen LogP contribution is 2.31. The van der Waals surface area contributed by atoms with E-state index in [-0.39, 0.29) is 23.9 Å². The lowest BCUT2D eigenvalue weighted by atomic mass is 10.1. The molecule has 1 aromatic carbocycles. The van der Waals surface area contributed by atoms with Gasteiger partial charge in [0.2, 0.25) is 5.91 Å². The minimum absolute atomic E-state index is 0.198. The Hall–Kier alpha value is -3.41. The van der Waals surface area contributed by atoms with Crippen LogP contribution in [0.4, 0.5) is 0 Å². The molecule has 2 aromatic heterocycles. The molecule has 6 heteroatoms. The Morgan fingerprint density at radius 3 is 2.79 bits per heavy atom. The molecule has 142 valence electrons. The second kappa shape index (κ2) is 6.96. The molecule has 6 nitrogen and oxygen atoms in total. The molecule has 0 radical (unpaired) electrons. The fourth-order valence-electron chi connectivity index (χ4n) is 3.94. The summed E-state index contributed by atoms with van der Waals surface area (Å²) >= 11 is 0. The molecule has 0 spiro atoms. The number of hydrogen-bond donors (Lipinski definition) is 2. The van der Waals surface area contributed by atoms with Gasteiger partial charge in [0.15, 0.2) is 0 Å². The van der Waals surface area contributed by atoms with E-state index in [1.54, 1.807) is 6.07 Å². The summed E-state index contributed by atoms with van der Waals surface area (Å²) in [6.45, 7) is 7.42. The molecule has 28 heavy (non-hydrogen) atoms. The number of aromatic nitrogens is 2. The average molecular weight is 374 g/mol. The number of carbonyl (C=O) groups is 2. The fraction of sp³-hybridized carbons (Fsp3) is 0.227. The van der Waals surface area contributed by atoms with Gasteiger partial charge in [-0.05, 0) is 49.6 Å². The zero-order valence-corrected chi connectivity index (χ0v) is 15.9. The van der Waals surface area contributed by atoms with E-state index in [1.165, 1.54) is 6.08 Å². The van der Waals surface area contributed by atoms with Crippen LogP contribution in [0.2, 0.25) is 0 Å². The van der Waals surface area contributed by atoms with Crippen molar-refractivity contribution in [2.45, 2.75) is 32.4 Å². The number of hydrogen-bond acceptors (Lipinski definition) is 3. The zero-order chi connectivity index (χ0) is 19.8. The van der Waals surface area contributed by atoms with E-state index >= 15 is 0 Å². The van der Waals surface area contributed by atoms with E-state index < -0.39 is 0 Å². The van der Waals surface area contributed by atoms with Gasteiger partial charge in [0.05, 0.1) is 17.6 Å². The van der Waals surface area contributed by atoms with Crippen molar-refractivity contribution in [3.05, 3.63) is 83.3 Å². The lowest BCUT2D eigenvalue weighted by Gasteiger charge is -2.22. The van der Waals surface area contributed by atoms with Crippen LogP contribution in [0, 0.1) is 13.8 Å². The van der Waals surface area contributed by atoms with Gasteiger partial charge in [0.25, 0.3) is 5.91 Å². The van der Waals surface area contributed by atoms with Crippen LogP contribution in [0.3, 0.4) is 0 Å². The van der Waals surface area contributed by atoms with Gasteiger partial charge in [-0.25, -0.2) is 4.98 Å². The predicted molar refractivity (Wildman–Crippen MR) is 107 cm³/mol. The van der Waals surface area contributed by atoms with Crippen LogP contribution in [-0.2, 0) is 11.2 Å². The normalized spacial score (nSPS) is 17.9. The monoisotopic (exact) mass is 374 g/mol. The van der Waals surface area contributed by atoms with Gasteiger partial charge in [-0.1, -0.05) is 30.8 Å². The van der Waals surface area contributed by atoms with Gasteiger partial charge in [0.1, 0.15) is 5.65 Å². The molecule has 1 aliphatic rings. The maximum absolute atomic E-state index is 13.1. The smallest absolute Gasteiger partial charge is 0.255 e. The largest absolute Gasteiger partial charge is 0.346 e. The molecular weight excluding hydrogens is 352 g/mol. The van der Waals surface area contributed by atoms with Gasteiger partial charge in [-0.15, -0.1) is 0 Å². The van der Waals surface area contributed by atoms with Crippen molar-refractivity contribution in [1.29, 1.82) is 0 Å². The molecule has 2 amide bonds. The molecule has 0 saturated heterocycles. The molecule has 1 aliphatic carbocycles. The number of nitrogens with zero attached hydrogens (tertiary/aromatic N) is 2. The third-order valence-corrected chi connectivity index (χ3v) is 5.22. The molecule has 0 bridgehead atoms. The summed E-state index contributed by atoms with van der Waals surface area (Å²) in [7, 11) is 0. The highest BCUT2D eigenvalue weighted by atomic mass is 16.2. The summed E-state index contributed by atoms with van der Waals surface area (Å²) in [4.78, 5) is 29.5. The number of nitrogens with one attached hydrogen (secondary N) is 2. The fourth-order valence-corrected chi connectivity index (χ4v) is 3.94. The topological polar surface area (TPSA) is 75.5 Å². The number of fused-ring (bicyclic) bond motifs is 2. The van der Waals surface area contributed by atoms with Crippen LogP contribution in [0.25, 0.3) is 5.65 Å². The second-order valence-electron chi connectivity index (χ2n) is 7.14. The maximum Gasteiger partial charge on any atom is 0.255 e. The first kappa shape index (κ1) is 18.0. The van der Waals surface area contributed by atoms with Crippen molar-refractivity contribution < 1.29 is 9.59 Å². The van der Waals surface area contributed by atoms with E-state index in [4.69, 9.17) is 0 Å². The van der Waals surface area contributed by atoms with Crippen LogP contribution in [0.15, 0.2) is 55.3 Å². The van der Waals surface area contributed by atoms with E-state index in [0.717, 1.165) is 22.5 Å². The Morgan fingerprint density at radius 1 is 1.21 bits per heavy atom. The number of aryl methyl sites for hydroxylation is 2. The van der Waals surface area contributed by atoms with Crippen molar-refractivity contribution in [3.8, 4) is 0 Å². The lowest BCUT2D eigenvalue weighted by molar-refractivity contribution is -0.117. The molecule has 2 N–H and O–H groups in total. The average Bonchev–Trinajstić information content (AvgIpc) is 3.23. The van der Waals surface area contributed by atoms with E-state index in [1.807, 2.05) is 54.8 Å². The number of amides is 2. The van der Waals surface area contributed by atoms with Gasteiger partial charge in [0, 0.05) is 17.6 Å². The van der Waals surface area contributed by atoms with Crippen LogP contribution in [0.5, 0.6) is 0 Å². The van der Waals surface area contributed by atoms with Gasteiger partial charge >= 0.3 is 0 Å². The quantitative estimate of drug-likeness (QED) is 0.690. The Balaban J connectivity index is 1.64. The second-order valence-corrected chi connectivity index (χ2v) is 7.14. The third kappa shape index (κ3) is 3.07. The number of rotatable bonds is 4. The molecular formula is C22H22N4O2. The summed E-state index contributed by atoms with van der Waals surface area (Å²) < 4.78 is 1.91. The molecule has 0 unspecified atom stereocenters. The summed E-state index contributed by atoms with van der Waals surface area (Å²) in [6.07, 6.45) is 3.75. The summed E-state index contributed by atoms with van der Waals surface area (Å²) in [6, 6.07) is 11.1. The van der Waals surface area contributed by atoms with E-state index in [2.05, 4.69) is 22.2 Å². The van der Waals surface area contributed by atoms with Gasteiger partial charge in [-0.3, -0.25) is 9.59 Å². The zero-order valence-electron chi connectivity index (χ0n) is 15.9. The molecule has 3 aromatic rings. The van der Waals surface area contributed by atoms with Crippen molar-refractivity contribution in [2.24, 2.45) is 0 Å². The Labute approximate surface area is 163 Å². The van der Waals surface area contributed by atoms with Crippen molar-refractivity contribution in [3.63, 3.8) is 0 Å². The first-order valence-corrected chi connectivity index (χ1v) is 9.25. The molecule has 0 fully saturated rings. The van der Waals surface area contributed by atoms with Crippen LogP contribution in [-0.4, -0.2) is 27.2 Å². The van der Waals surface area contributed by atoms with Gasteiger partial charge in [-0.2, -0.15) is 0 Å². The molecule has 0 saturated carbocycles. The third-order valence-electron chi connectivity index (χ3n) is 5.22. The van der Waals surface area contributed by atoms with Crippen molar-refractivity contribution in [1.82, 2.24) is 20.0 Å². The standard InChI is InChI=1S/C22H22N4O2/c1-4-19(27)25-20-16-8-6-5-7-15(16)12-18(20)24-22(28)17-9-10-26-14(3)11-13(2)23-21(17)26/h4-11,18,20H,1,12H2,2-3H3,(H,24,28)(H,25,27)/t18-,20-/m1/s1. The summed E-state index contributed by atoms with van der Waals surface area (Å²) in [5.74, 6) is -0.459. The lowest BCUT2D eigenvalue weighted by Crippen LogP contribution is -2.44. The molecule has 2 heterocycles. The van der Waals surface area contributed by atoms with Crippen LogP contribution in [0.1, 0.15) is 38.9 Å². The molecule has 4 rings (SSSR count). The van der Waals surface area contributed by atoms with Crippen molar-refractivity contribution >= 4 is 17.5 Å². The molecule has 0 aliphatic heterocycles.